The van der Waals surface area contributed by atoms with Crippen LogP contribution in [0.3, 0.4) is 0 Å². The summed E-state index contributed by atoms with van der Waals surface area (Å²) in [5.74, 6) is 0. The molecule has 0 aliphatic heterocycles. The molecule has 0 saturated carbocycles. The van der Waals surface area contributed by atoms with E-state index in [1.165, 1.54) is 36.1 Å². The lowest BCUT2D eigenvalue weighted by Crippen LogP contribution is -2.22. The zero-order chi connectivity index (χ0) is 16.2. The Morgan fingerprint density at radius 2 is 1.88 bits per heavy atom. The number of nitrogens with one attached hydrogen (secondary N) is 1. The van der Waals surface area contributed by atoms with Gasteiger partial charge in [0, 0.05) is 17.6 Å². The van der Waals surface area contributed by atoms with Crippen molar-refractivity contribution in [3.05, 3.63) is 87.4 Å². The maximum atomic E-state index is 4.44. The third-order valence-corrected chi connectivity index (χ3v) is 5.68. The predicted molar refractivity (Wildman–Crippen MR) is 108 cm³/mol. The van der Waals surface area contributed by atoms with E-state index in [1.54, 1.807) is 11.1 Å². The molecule has 1 atom stereocenters. The second-order valence-corrected chi connectivity index (χ2v) is 7.36. The number of hydrogen-bond donors (Lipinski definition) is 1. The molecule has 130 valence electrons. The average molecular weight is 371 g/mol. The zero-order valence-corrected chi connectivity index (χ0v) is 15.8. The van der Waals surface area contributed by atoms with Crippen LogP contribution in [-0.2, 0) is 19.4 Å². The number of thiophene rings is 1. The first-order valence-electron chi connectivity index (χ1n) is 8.68. The van der Waals surface area contributed by atoms with E-state index < -0.39 is 0 Å². The number of hydrogen-bond acceptors (Lipinski definition) is 3. The summed E-state index contributed by atoms with van der Waals surface area (Å²) in [7, 11) is 0. The highest BCUT2D eigenvalue weighted by Crippen LogP contribution is 2.30. The molecule has 1 unspecified atom stereocenters. The Hall–Kier alpha value is -1.68. The van der Waals surface area contributed by atoms with Gasteiger partial charge in [0.15, 0.2) is 0 Å². The maximum absolute atomic E-state index is 4.44. The molecule has 4 rings (SSSR count). The topological polar surface area (TPSA) is 24.9 Å². The smallest absolute Gasteiger partial charge is 0.0674 e. The van der Waals surface area contributed by atoms with E-state index in [4.69, 9.17) is 0 Å². The molecule has 0 spiro atoms. The van der Waals surface area contributed by atoms with Crippen LogP contribution in [-0.4, -0.2) is 4.98 Å². The van der Waals surface area contributed by atoms with E-state index in [-0.39, 0.29) is 18.4 Å². The number of rotatable bonds is 5. The number of pyridine rings is 1. The summed E-state index contributed by atoms with van der Waals surface area (Å²) >= 11 is 1.82. The number of benzene rings is 1. The van der Waals surface area contributed by atoms with Crippen LogP contribution in [0.5, 0.6) is 0 Å². The molecule has 1 aromatic carbocycles. The Morgan fingerprint density at radius 3 is 2.64 bits per heavy atom. The monoisotopic (exact) mass is 370 g/mol. The van der Waals surface area contributed by atoms with E-state index in [9.17, 15) is 0 Å². The van der Waals surface area contributed by atoms with Crippen LogP contribution < -0.4 is 5.32 Å². The molecule has 1 aliphatic carbocycles. The van der Waals surface area contributed by atoms with Gasteiger partial charge in [-0.1, -0.05) is 30.3 Å². The summed E-state index contributed by atoms with van der Waals surface area (Å²) in [4.78, 5) is 5.80. The Labute approximate surface area is 159 Å². The molecule has 0 bridgehead atoms. The molecule has 0 saturated heterocycles. The molecular weight excluding hydrogens is 348 g/mol. The van der Waals surface area contributed by atoms with Gasteiger partial charge < -0.3 is 0 Å². The van der Waals surface area contributed by atoms with E-state index >= 15 is 0 Å². The molecule has 1 aliphatic rings. The van der Waals surface area contributed by atoms with Gasteiger partial charge in [-0.15, -0.1) is 23.7 Å². The fraction of sp³-hybridized carbons (Fsp3) is 0.286. The Kier molecular flexibility index (Phi) is 6.24. The highest BCUT2D eigenvalue weighted by molar-refractivity contribution is 7.10. The molecule has 0 radical (unpaired) electrons. The molecule has 3 aromatic rings. The Bertz CT molecular complexity index is 787. The minimum absolute atomic E-state index is 0. The van der Waals surface area contributed by atoms with Gasteiger partial charge in [0.2, 0.25) is 0 Å². The largest absolute Gasteiger partial charge is 0.300 e. The van der Waals surface area contributed by atoms with Gasteiger partial charge in [-0.25, -0.2) is 0 Å². The normalized spacial score (nSPS) is 14.4. The van der Waals surface area contributed by atoms with Crippen LogP contribution in [0.4, 0.5) is 0 Å². The first kappa shape index (κ1) is 18.1. The van der Waals surface area contributed by atoms with Crippen LogP contribution in [0, 0.1) is 0 Å². The fourth-order valence-electron chi connectivity index (χ4n) is 3.48. The Morgan fingerprint density at radius 1 is 1.00 bits per heavy atom. The average Bonchev–Trinajstić information content (AvgIpc) is 3.17. The lowest BCUT2D eigenvalue weighted by atomic mass is 9.89. The number of aromatic nitrogens is 1. The Balaban J connectivity index is 0.00000182. The first-order valence-corrected chi connectivity index (χ1v) is 9.56. The number of fused-ring (bicyclic) bond motifs is 1. The van der Waals surface area contributed by atoms with Gasteiger partial charge in [-0.05, 0) is 66.0 Å². The summed E-state index contributed by atoms with van der Waals surface area (Å²) in [6, 6.07) is 17.7. The van der Waals surface area contributed by atoms with Crippen LogP contribution >= 0.6 is 23.7 Å². The van der Waals surface area contributed by atoms with Crippen molar-refractivity contribution in [3.63, 3.8) is 0 Å². The quantitative estimate of drug-likeness (QED) is 0.657. The van der Waals surface area contributed by atoms with E-state index in [1.807, 2.05) is 29.7 Å². The lowest BCUT2D eigenvalue weighted by Gasteiger charge is -2.22. The van der Waals surface area contributed by atoms with E-state index in [0.717, 1.165) is 12.2 Å². The van der Waals surface area contributed by atoms with Crippen molar-refractivity contribution in [1.82, 2.24) is 10.3 Å². The summed E-state index contributed by atoms with van der Waals surface area (Å²) in [5.41, 5.74) is 5.53. The van der Waals surface area contributed by atoms with Gasteiger partial charge in [0.25, 0.3) is 0 Å². The van der Waals surface area contributed by atoms with Crippen molar-refractivity contribution in [3.8, 4) is 0 Å². The maximum Gasteiger partial charge on any atom is 0.0674 e. The van der Waals surface area contributed by atoms with Crippen LogP contribution in [0.1, 0.15) is 46.1 Å². The van der Waals surface area contributed by atoms with Gasteiger partial charge >= 0.3 is 0 Å². The second kappa shape index (κ2) is 8.61. The fourth-order valence-corrected chi connectivity index (χ4v) is 4.31. The van der Waals surface area contributed by atoms with Crippen molar-refractivity contribution in [2.75, 3.05) is 0 Å². The third-order valence-electron chi connectivity index (χ3n) is 4.75. The molecule has 0 amide bonds. The minimum Gasteiger partial charge on any atom is -0.300 e. The standard InChI is InChI=1S/C21H22N2S.ClH/c1-2-7-17-14-18(11-10-16(17)6-1)21(20-9-5-13-24-20)23-15-19-8-3-4-12-22-19;/h3-5,8-14,21,23H,1-2,6-7,15H2;1H. The van der Waals surface area contributed by atoms with Crippen molar-refractivity contribution in [1.29, 1.82) is 0 Å². The number of halogens is 1. The summed E-state index contributed by atoms with van der Waals surface area (Å²) < 4.78 is 0. The third kappa shape index (κ3) is 4.30. The zero-order valence-electron chi connectivity index (χ0n) is 14.2. The van der Waals surface area contributed by atoms with Crippen molar-refractivity contribution in [2.45, 2.75) is 38.3 Å². The molecular formula is C21H23ClN2S. The van der Waals surface area contributed by atoms with Gasteiger partial charge in [-0.2, -0.15) is 0 Å². The van der Waals surface area contributed by atoms with Gasteiger partial charge in [0.05, 0.1) is 11.7 Å². The minimum atomic E-state index is 0. The summed E-state index contributed by atoms with van der Waals surface area (Å²) in [6.45, 7) is 0.778. The SMILES string of the molecule is Cl.c1ccc(CNC(c2ccc3c(c2)CCCC3)c2cccs2)nc1. The van der Waals surface area contributed by atoms with E-state index in [0.29, 0.717) is 0 Å². The van der Waals surface area contributed by atoms with E-state index in [2.05, 4.69) is 52.1 Å². The molecule has 2 heterocycles. The second-order valence-electron chi connectivity index (χ2n) is 6.39. The van der Waals surface area contributed by atoms with Crippen molar-refractivity contribution in [2.24, 2.45) is 0 Å². The highest BCUT2D eigenvalue weighted by Gasteiger charge is 2.17. The lowest BCUT2D eigenvalue weighted by molar-refractivity contribution is 0.601. The first-order chi connectivity index (χ1) is 11.9. The van der Waals surface area contributed by atoms with Crippen molar-refractivity contribution >= 4 is 23.7 Å². The number of nitrogens with zero attached hydrogens (tertiary/aromatic N) is 1. The molecule has 0 fully saturated rings. The molecule has 2 nitrogen and oxygen atoms in total. The van der Waals surface area contributed by atoms with Gasteiger partial charge in [-0.3, -0.25) is 10.3 Å². The van der Waals surface area contributed by atoms with Crippen LogP contribution in [0.15, 0.2) is 60.1 Å². The highest BCUT2D eigenvalue weighted by atomic mass is 35.5. The summed E-state index contributed by atoms with van der Waals surface area (Å²) in [5, 5.41) is 5.87. The molecule has 25 heavy (non-hydrogen) atoms. The van der Waals surface area contributed by atoms with Crippen molar-refractivity contribution < 1.29 is 0 Å². The van der Waals surface area contributed by atoms with Crippen LogP contribution in [0.2, 0.25) is 0 Å². The number of aryl methyl sites for hydroxylation is 2. The summed E-state index contributed by atoms with van der Waals surface area (Å²) in [6.07, 6.45) is 6.97. The van der Waals surface area contributed by atoms with Gasteiger partial charge in [0.1, 0.15) is 0 Å². The molecule has 2 aromatic heterocycles. The predicted octanol–water partition coefficient (Wildman–Crippen LogP) is 5.32. The molecule has 1 N–H and O–H groups in total. The van der Waals surface area contributed by atoms with Crippen LogP contribution in [0.25, 0.3) is 0 Å². The molecule has 4 heteroatoms.